The summed E-state index contributed by atoms with van der Waals surface area (Å²) in [5.74, 6) is 1.66. The molecule has 1 atom stereocenters. The molecule has 1 aromatic heterocycles. The molecule has 31 heavy (non-hydrogen) atoms. The Morgan fingerprint density at radius 1 is 1.03 bits per heavy atom. The van der Waals surface area contributed by atoms with Gasteiger partial charge in [-0.3, -0.25) is 9.69 Å². The van der Waals surface area contributed by atoms with E-state index in [9.17, 15) is 9.18 Å². The first-order chi connectivity index (χ1) is 15.2. The standard InChI is InChI=1S/C23H29FN6O/c24-20-6-2-1-5-18(20)21(15-28-7-3-4-8-28)29-9-11-30(12-10-29)23-19-13-17(31)14-25-22(19)26-16-27-23/h1-2,5-6,16,21H,3-4,7-15H2,(H,25,26,27). The number of ketones is 1. The highest BCUT2D eigenvalue weighted by atomic mass is 19.1. The van der Waals surface area contributed by atoms with Crippen molar-refractivity contribution in [1.29, 1.82) is 0 Å². The molecule has 164 valence electrons. The number of Topliss-reactive ketones (excluding diaryl/α,β-unsaturated/α-hetero) is 1. The zero-order valence-electron chi connectivity index (χ0n) is 17.8. The van der Waals surface area contributed by atoms with Gasteiger partial charge >= 0.3 is 0 Å². The second-order valence-corrected chi connectivity index (χ2v) is 8.66. The number of carbonyl (C=O) groups is 1. The fourth-order valence-electron chi connectivity index (χ4n) is 5.04. The number of likely N-dealkylation sites (tertiary alicyclic amines) is 1. The molecule has 3 aliphatic heterocycles. The monoisotopic (exact) mass is 424 g/mol. The maximum absolute atomic E-state index is 14.7. The lowest BCUT2D eigenvalue weighted by Crippen LogP contribution is -2.50. The molecule has 1 N–H and O–H groups in total. The van der Waals surface area contributed by atoms with E-state index in [0.29, 0.717) is 13.0 Å². The summed E-state index contributed by atoms with van der Waals surface area (Å²) in [4.78, 5) is 27.9. The molecule has 5 rings (SSSR count). The highest BCUT2D eigenvalue weighted by molar-refractivity contribution is 5.90. The van der Waals surface area contributed by atoms with Gasteiger partial charge in [-0.25, -0.2) is 14.4 Å². The van der Waals surface area contributed by atoms with Crippen molar-refractivity contribution in [2.45, 2.75) is 25.3 Å². The lowest BCUT2D eigenvalue weighted by atomic mass is 10.0. The van der Waals surface area contributed by atoms with Crippen LogP contribution in [0, 0.1) is 5.82 Å². The quantitative estimate of drug-likeness (QED) is 0.789. The predicted octanol–water partition coefficient (Wildman–Crippen LogP) is 2.11. The molecule has 0 saturated carbocycles. The first-order valence-electron chi connectivity index (χ1n) is 11.2. The first-order valence-corrected chi connectivity index (χ1v) is 11.2. The number of benzene rings is 1. The fraction of sp³-hybridized carbons (Fsp3) is 0.522. The van der Waals surface area contributed by atoms with Crippen molar-refractivity contribution >= 4 is 17.4 Å². The van der Waals surface area contributed by atoms with Gasteiger partial charge in [-0.05, 0) is 32.0 Å². The van der Waals surface area contributed by atoms with Crippen molar-refractivity contribution in [3.63, 3.8) is 0 Å². The second-order valence-electron chi connectivity index (χ2n) is 8.66. The van der Waals surface area contributed by atoms with Crippen LogP contribution in [0.2, 0.25) is 0 Å². The topological polar surface area (TPSA) is 64.6 Å². The van der Waals surface area contributed by atoms with Gasteiger partial charge in [0.05, 0.1) is 12.6 Å². The predicted molar refractivity (Wildman–Crippen MR) is 118 cm³/mol. The van der Waals surface area contributed by atoms with Crippen molar-refractivity contribution < 1.29 is 9.18 Å². The smallest absolute Gasteiger partial charge is 0.156 e. The molecule has 1 aromatic carbocycles. The van der Waals surface area contributed by atoms with E-state index in [-0.39, 0.29) is 17.6 Å². The molecule has 4 heterocycles. The Hall–Kier alpha value is -2.58. The fourth-order valence-corrected chi connectivity index (χ4v) is 5.04. The van der Waals surface area contributed by atoms with Crippen LogP contribution in [0.3, 0.4) is 0 Å². The number of anilines is 2. The van der Waals surface area contributed by atoms with Crippen LogP contribution in [0.5, 0.6) is 0 Å². The van der Waals surface area contributed by atoms with Crippen LogP contribution in [0.4, 0.5) is 16.0 Å². The molecular weight excluding hydrogens is 395 g/mol. The number of piperazine rings is 1. The number of halogens is 1. The molecule has 0 radical (unpaired) electrons. The van der Waals surface area contributed by atoms with Gasteiger partial charge in [-0.1, -0.05) is 18.2 Å². The molecule has 0 aliphatic carbocycles. The van der Waals surface area contributed by atoms with E-state index < -0.39 is 0 Å². The number of hydrogen-bond donors (Lipinski definition) is 1. The molecule has 2 fully saturated rings. The van der Waals surface area contributed by atoms with Gasteiger partial charge in [-0.2, -0.15) is 0 Å². The highest BCUT2D eigenvalue weighted by Gasteiger charge is 2.31. The third-order valence-electron chi connectivity index (χ3n) is 6.70. The number of aromatic nitrogens is 2. The summed E-state index contributed by atoms with van der Waals surface area (Å²) in [5.41, 5.74) is 1.69. The van der Waals surface area contributed by atoms with Crippen LogP contribution in [0.15, 0.2) is 30.6 Å². The lowest BCUT2D eigenvalue weighted by molar-refractivity contribution is -0.117. The third kappa shape index (κ3) is 4.27. The summed E-state index contributed by atoms with van der Waals surface area (Å²) in [7, 11) is 0. The number of rotatable bonds is 5. The van der Waals surface area contributed by atoms with Gasteiger partial charge in [0.25, 0.3) is 0 Å². The van der Waals surface area contributed by atoms with E-state index in [1.165, 1.54) is 12.8 Å². The Labute approximate surface area is 182 Å². The number of carbonyl (C=O) groups excluding carboxylic acids is 1. The highest BCUT2D eigenvalue weighted by Crippen LogP contribution is 2.30. The van der Waals surface area contributed by atoms with Gasteiger partial charge in [-0.15, -0.1) is 0 Å². The maximum atomic E-state index is 14.7. The van der Waals surface area contributed by atoms with E-state index in [1.807, 2.05) is 12.1 Å². The van der Waals surface area contributed by atoms with Crippen LogP contribution in [-0.2, 0) is 11.2 Å². The minimum Gasteiger partial charge on any atom is -0.363 e. The molecular formula is C23H29FN6O. The van der Waals surface area contributed by atoms with Crippen molar-refractivity contribution in [1.82, 2.24) is 19.8 Å². The number of hydrogen-bond acceptors (Lipinski definition) is 7. The van der Waals surface area contributed by atoms with Crippen LogP contribution in [-0.4, -0.2) is 77.9 Å². The number of nitrogens with one attached hydrogen (secondary N) is 1. The molecule has 2 aromatic rings. The van der Waals surface area contributed by atoms with Crippen LogP contribution in [0.25, 0.3) is 0 Å². The van der Waals surface area contributed by atoms with Crippen LogP contribution >= 0.6 is 0 Å². The molecule has 1 unspecified atom stereocenters. The molecule has 0 bridgehead atoms. The number of nitrogens with zero attached hydrogens (tertiary/aromatic N) is 5. The summed E-state index contributed by atoms with van der Waals surface area (Å²) in [6.07, 6.45) is 4.40. The molecule has 7 nitrogen and oxygen atoms in total. The van der Waals surface area contributed by atoms with E-state index in [4.69, 9.17) is 0 Å². The SMILES string of the molecule is O=C1CNc2ncnc(N3CCN(C(CN4CCCC4)c4ccccc4F)CC3)c2C1. The molecule has 3 aliphatic rings. The zero-order chi connectivity index (χ0) is 21.2. The van der Waals surface area contributed by atoms with E-state index in [0.717, 1.165) is 68.6 Å². The van der Waals surface area contributed by atoms with Crippen molar-refractivity contribution in [2.24, 2.45) is 0 Å². The Bertz CT molecular complexity index is 939. The average molecular weight is 425 g/mol. The largest absolute Gasteiger partial charge is 0.363 e. The Kier molecular flexibility index (Phi) is 5.82. The van der Waals surface area contributed by atoms with E-state index >= 15 is 0 Å². The summed E-state index contributed by atoms with van der Waals surface area (Å²) in [6, 6.07) is 7.24. The Morgan fingerprint density at radius 3 is 2.58 bits per heavy atom. The van der Waals surface area contributed by atoms with Crippen molar-refractivity contribution in [3.05, 3.63) is 47.5 Å². The third-order valence-corrected chi connectivity index (χ3v) is 6.70. The van der Waals surface area contributed by atoms with Crippen molar-refractivity contribution in [3.8, 4) is 0 Å². The summed E-state index contributed by atoms with van der Waals surface area (Å²) in [5, 5.41) is 3.10. The lowest BCUT2D eigenvalue weighted by Gasteiger charge is -2.41. The van der Waals surface area contributed by atoms with Gasteiger partial charge < -0.3 is 15.1 Å². The zero-order valence-corrected chi connectivity index (χ0v) is 17.8. The van der Waals surface area contributed by atoms with E-state index in [1.54, 1.807) is 18.5 Å². The first kappa shape index (κ1) is 20.3. The Morgan fingerprint density at radius 2 is 1.81 bits per heavy atom. The van der Waals surface area contributed by atoms with Crippen LogP contribution in [0.1, 0.15) is 30.0 Å². The average Bonchev–Trinajstić information content (AvgIpc) is 3.31. The maximum Gasteiger partial charge on any atom is 0.156 e. The van der Waals surface area contributed by atoms with Gasteiger partial charge in [0, 0.05) is 50.3 Å². The van der Waals surface area contributed by atoms with Crippen LogP contribution < -0.4 is 10.2 Å². The Balaban J connectivity index is 1.33. The minimum atomic E-state index is -0.122. The van der Waals surface area contributed by atoms with Gasteiger partial charge in [0.15, 0.2) is 5.78 Å². The van der Waals surface area contributed by atoms with Gasteiger partial charge in [0.2, 0.25) is 0 Å². The molecule has 0 amide bonds. The number of fused-ring (bicyclic) bond motifs is 1. The summed E-state index contributed by atoms with van der Waals surface area (Å²) < 4.78 is 14.7. The van der Waals surface area contributed by atoms with Crippen molar-refractivity contribution in [2.75, 3.05) is 62.6 Å². The minimum absolute atomic E-state index is 0.0454. The van der Waals surface area contributed by atoms with E-state index in [2.05, 4.69) is 30.0 Å². The second kappa shape index (κ2) is 8.88. The summed E-state index contributed by atoms with van der Waals surface area (Å²) >= 11 is 0. The molecule has 0 spiro atoms. The molecule has 8 heteroatoms. The molecule has 2 saturated heterocycles. The van der Waals surface area contributed by atoms with Gasteiger partial charge in [0.1, 0.15) is 23.8 Å². The normalized spacial score (nSPS) is 21.1. The summed E-state index contributed by atoms with van der Waals surface area (Å²) in [6.45, 7) is 6.63.